The molecule has 0 radical (unpaired) electrons. The van der Waals surface area contributed by atoms with Gasteiger partial charge in [-0.25, -0.2) is 0 Å². The van der Waals surface area contributed by atoms with Crippen LogP contribution >= 0.6 is 0 Å². The van der Waals surface area contributed by atoms with Crippen molar-refractivity contribution in [3.63, 3.8) is 0 Å². The number of hydrogen-bond acceptors (Lipinski definition) is 2. The van der Waals surface area contributed by atoms with E-state index in [1.807, 2.05) is 24.3 Å². The molecule has 0 saturated heterocycles. The van der Waals surface area contributed by atoms with Gasteiger partial charge in [-0.1, -0.05) is 36.9 Å². The third-order valence-corrected chi connectivity index (χ3v) is 2.50. The Labute approximate surface area is 99.6 Å². The Morgan fingerprint density at radius 2 is 2.06 bits per heavy atom. The van der Waals surface area contributed by atoms with Gasteiger partial charge in [0.1, 0.15) is 0 Å². The van der Waals surface area contributed by atoms with E-state index in [1.165, 1.54) is 0 Å². The quantitative estimate of drug-likeness (QED) is 0.870. The van der Waals surface area contributed by atoms with Crippen LogP contribution < -0.4 is 5.73 Å². The molecule has 1 amide bonds. The molecule has 0 aliphatic heterocycles. The Hall–Kier alpha value is -2.42. The fraction of sp³-hybridized carbons (Fsp3) is 0. The Bertz CT molecular complexity index is 576. The Balaban J connectivity index is 2.56. The van der Waals surface area contributed by atoms with Gasteiger partial charge in [-0.05, 0) is 17.7 Å². The van der Waals surface area contributed by atoms with Crippen LogP contribution in [0.5, 0.6) is 0 Å². The SMILES string of the molecule is C=Cc1ccccc1-c1cc(C(N)=O)ccn1. The van der Waals surface area contributed by atoms with Gasteiger partial charge in [0, 0.05) is 17.3 Å². The van der Waals surface area contributed by atoms with Gasteiger partial charge in [-0.15, -0.1) is 0 Å². The first-order chi connectivity index (χ1) is 8.22. The summed E-state index contributed by atoms with van der Waals surface area (Å²) in [6.07, 6.45) is 3.34. The van der Waals surface area contributed by atoms with E-state index in [0.29, 0.717) is 5.56 Å². The minimum atomic E-state index is -0.454. The van der Waals surface area contributed by atoms with Crippen LogP contribution in [-0.2, 0) is 0 Å². The smallest absolute Gasteiger partial charge is 0.248 e. The number of rotatable bonds is 3. The standard InChI is InChI=1S/C14H12N2O/c1-2-10-5-3-4-6-12(10)13-9-11(14(15)17)7-8-16-13/h2-9H,1H2,(H2,15,17). The van der Waals surface area contributed by atoms with Gasteiger partial charge >= 0.3 is 0 Å². The van der Waals surface area contributed by atoms with Crippen molar-refractivity contribution in [1.29, 1.82) is 0 Å². The molecule has 0 atom stereocenters. The zero-order chi connectivity index (χ0) is 12.3. The second-order valence-electron chi connectivity index (χ2n) is 3.59. The van der Waals surface area contributed by atoms with Gasteiger partial charge in [0.15, 0.2) is 0 Å². The predicted octanol–water partition coefficient (Wildman–Crippen LogP) is 2.49. The highest BCUT2D eigenvalue weighted by Gasteiger charge is 2.06. The number of carbonyl (C=O) groups is 1. The number of aromatic nitrogens is 1. The number of amides is 1. The summed E-state index contributed by atoms with van der Waals surface area (Å²) in [4.78, 5) is 15.4. The Morgan fingerprint density at radius 1 is 1.29 bits per heavy atom. The second kappa shape index (κ2) is 4.61. The van der Waals surface area contributed by atoms with E-state index >= 15 is 0 Å². The van der Waals surface area contributed by atoms with Crippen molar-refractivity contribution in [2.45, 2.75) is 0 Å². The molecular weight excluding hydrogens is 212 g/mol. The first-order valence-corrected chi connectivity index (χ1v) is 5.20. The summed E-state index contributed by atoms with van der Waals surface area (Å²) >= 11 is 0. The molecule has 1 aromatic heterocycles. The van der Waals surface area contributed by atoms with Crippen molar-refractivity contribution in [3.05, 3.63) is 60.3 Å². The van der Waals surface area contributed by atoms with Gasteiger partial charge in [-0.3, -0.25) is 9.78 Å². The molecule has 0 unspecified atom stereocenters. The van der Waals surface area contributed by atoms with Crippen molar-refractivity contribution < 1.29 is 4.79 Å². The molecule has 0 bridgehead atoms. The Kier molecular flexibility index (Phi) is 3.01. The van der Waals surface area contributed by atoms with Gasteiger partial charge in [0.05, 0.1) is 5.69 Å². The molecule has 84 valence electrons. The van der Waals surface area contributed by atoms with Gasteiger partial charge in [-0.2, -0.15) is 0 Å². The maximum atomic E-state index is 11.1. The molecule has 2 rings (SSSR count). The molecule has 0 spiro atoms. The average molecular weight is 224 g/mol. The van der Waals surface area contributed by atoms with Crippen molar-refractivity contribution in [3.8, 4) is 11.3 Å². The average Bonchev–Trinajstić information content (AvgIpc) is 2.39. The maximum absolute atomic E-state index is 11.1. The molecule has 1 heterocycles. The van der Waals surface area contributed by atoms with Crippen LogP contribution in [0.2, 0.25) is 0 Å². The summed E-state index contributed by atoms with van der Waals surface area (Å²) < 4.78 is 0. The van der Waals surface area contributed by atoms with E-state index in [0.717, 1.165) is 16.8 Å². The molecule has 2 aromatic rings. The van der Waals surface area contributed by atoms with Crippen molar-refractivity contribution in [1.82, 2.24) is 4.98 Å². The number of benzene rings is 1. The predicted molar refractivity (Wildman–Crippen MR) is 68.3 cm³/mol. The molecule has 3 nitrogen and oxygen atoms in total. The topological polar surface area (TPSA) is 56.0 Å². The fourth-order valence-electron chi connectivity index (χ4n) is 1.64. The maximum Gasteiger partial charge on any atom is 0.248 e. The molecule has 0 aliphatic carbocycles. The number of nitrogens with zero attached hydrogens (tertiary/aromatic N) is 1. The van der Waals surface area contributed by atoms with E-state index in [-0.39, 0.29) is 0 Å². The first kappa shape index (κ1) is 11.1. The van der Waals surface area contributed by atoms with Crippen LogP contribution in [-0.4, -0.2) is 10.9 Å². The van der Waals surface area contributed by atoms with E-state index in [9.17, 15) is 4.79 Å². The summed E-state index contributed by atoms with van der Waals surface area (Å²) in [5.41, 5.74) is 8.33. The molecule has 0 saturated carbocycles. The van der Waals surface area contributed by atoms with Gasteiger partial charge in [0.2, 0.25) is 5.91 Å². The normalized spacial score (nSPS) is 9.88. The zero-order valence-electron chi connectivity index (χ0n) is 9.26. The highest BCUT2D eigenvalue weighted by molar-refractivity contribution is 5.93. The lowest BCUT2D eigenvalue weighted by Crippen LogP contribution is -2.11. The van der Waals surface area contributed by atoms with E-state index < -0.39 is 5.91 Å². The largest absolute Gasteiger partial charge is 0.366 e. The minimum Gasteiger partial charge on any atom is -0.366 e. The minimum absolute atomic E-state index is 0.453. The molecule has 2 N–H and O–H groups in total. The number of hydrogen-bond donors (Lipinski definition) is 1. The van der Waals surface area contributed by atoms with Crippen LogP contribution in [0.25, 0.3) is 17.3 Å². The van der Waals surface area contributed by atoms with Gasteiger partial charge in [0.25, 0.3) is 0 Å². The Morgan fingerprint density at radius 3 is 2.76 bits per heavy atom. The van der Waals surface area contributed by atoms with E-state index in [1.54, 1.807) is 24.4 Å². The van der Waals surface area contributed by atoms with Crippen LogP contribution in [0.3, 0.4) is 0 Å². The van der Waals surface area contributed by atoms with Crippen molar-refractivity contribution in [2.75, 3.05) is 0 Å². The highest BCUT2D eigenvalue weighted by atomic mass is 16.1. The third kappa shape index (κ3) is 2.23. The van der Waals surface area contributed by atoms with Crippen molar-refractivity contribution >= 4 is 12.0 Å². The second-order valence-corrected chi connectivity index (χ2v) is 3.59. The van der Waals surface area contributed by atoms with E-state index in [4.69, 9.17) is 5.73 Å². The zero-order valence-corrected chi connectivity index (χ0v) is 9.26. The third-order valence-electron chi connectivity index (χ3n) is 2.50. The molecule has 17 heavy (non-hydrogen) atoms. The van der Waals surface area contributed by atoms with Crippen LogP contribution in [0, 0.1) is 0 Å². The van der Waals surface area contributed by atoms with Gasteiger partial charge < -0.3 is 5.73 Å². The first-order valence-electron chi connectivity index (χ1n) is 5.20. The highest BCUT2D eigenvalue weighted by Crippen LogP contribution is 2.22. The lowest BCUT2D eigenvalue weighted by molar-refractivity contribution is 0.1000. The number of carbonyl (C=O) groups excluding carboxylic acids is 1. The number of nitrogens with two attached hydrogens (primary N) is 1. The summed E-state index contributed by atoms with van der Waals surface area (Å²) in [6, 6.07) is 11.0. The number of primary amides is 1. The lowest BCUT2D eigenvalue weighted by atomic mass is 10.0. The molecule has 1 aromatic carbocycles. The summed E-state index contributed by atoms with van der Waals surface area (Å²) in [6.45, 7) is 3.76. The van der Waals surface area contributed by atoms with Crippen LogP contribution in [0.15, 0.2) is 49.2 Å². The summed E-state index contributed by atoms with van der Waals surface area (Å²) in [5, 5.41) is 0. The van der Waals surface area contributed by atoms with E-state index in [2.05, 4.69) is 11.6 Å². The van der Waals surface area contributed by atoms with Crippen LogP contribution in [0.4, 0.5) is 0 Å². The molecule has 0 aliphatic rings. The summed E-state index contributed by atoms with van der Waals surface area (Å²) in [5.74, 6) is -0.454. The fourth-order valence-corrected chi connectivity index (χ4v) is 1.64. The van der Waals surface area contributed by atoms with Crippen LogP contribution in [0.1, 0.15) is 15.9 Å². The molecule has 3 heteroatoms. The monoisotopic (exact) mass is 224 g/mol. The molecule has 0 fully saturated rings. The molecular formula is C14H12N2O. The number of pyridine rings is 1. The summed E-state index contributed by atoms with van der Waals surface area (Å²) in [7, 11) is 0. The lowest BCUT2D eigenvalue weighted by Gasteiger charge is -2.05. The van der Waals surface area contributed by atoms with Crippen molar-refractivity contribution in [2.24, 2.45) is 5.73 Å².